The van der Waals surface area contributed by atoms with Gasteiger partial charge in [-0.3, -0.25) is 9.59 Å². The number of halogens is 3. The quantitative estimate of drug-likeness (QED) is 0.430. The van der Waals surface area contributed by atoms with Crippen LogP contribution in [-0.4, -0.2) is 38.1 Å². The normalized spacial score (nSPS) is 15.2. The van der Waals surface area contributed by atoms with E-state index in [9.17, 15) is 22.8 Å². The van der Waals surface area contributed by atoms with E-state index in [-0.39, 0.29) is 17.9 Å². The molecule has 0 radical (unpaired) electrons. The number of carbonyl (C=O) groups excluding carboxylic acids is 2. The second-order valence-electron chi connectivity index (χ2n) is 7.81. The van der Waals surface area contributed by atoms with Crippen molar-refractivity contribution < 1.29 is 27.5 Å². The molecule has 3 rings (SSSR count). The molecule has 0 saturated heterocycles. The number of thioether (sulfide) groups is 1. The van der Waals surface area contributed by atoms with E-state index in [1.54, 1.807) is 31.3 Å². The molecule has 0 spiro atoms. The molecule has 1 aliphatic heterocycles. The third-order valence-electron chi connectivity index (χ3n) is 4.91. The van der Waals surface area contributed by atoms with Crippen molar-refractivity contribution in [2.45, 2.75) is 37.4 Å². The summed E-state index contributed by atoms with van der Waals surface area (Å²) < 4.78 is 43.7. The lowest BCUT2D eigenvalue weighted by molar-refractivity contribution is -0.137. The molecule has 0 unspecified atom stereocenters. The number of fused-ring (bicyclic) bond motifs is 1. The lowest BCUT2D eigenvalue weighted by atomic mass is 10.1. The highest BCUT2D eigenvalue weighted by Crippen LogP contribution is 2.42. The van der Waals surface area contributed by atoms with Gasteiger partial charge in [0.2, 0.25) is 0 Å². The second kappa shape index (κ2) is 10.4. The Hall–Kier alpha value is -2.78. The van der Waals surface area contributed by atoms with Crippen molar-refractivity contribution in [1.29, 1.82) is 0 Å². The van der Waals surface area contributed by atoms with Gasteiger partial charge >= 0.3 is 6.18 Å². The fourth-order valence-electron chi connectivity index (χ4n) is 3.15. The summed E-state index contributed by atoms with van der Waals surface area (Å²) in [6.07, 6.45) is -2.01. The minimum Gasteiger partial charge on any atom is -0.379 e. The number of nitrogens with one attached hydrogen (secondary N) is 1. The Morgan fingerprint density at radius 3 is 2.52 bits per heavy atom. The minimum atomic E-state index is -4.41. The summed E-state index contributed by atoms with van der Waals surface area (Å²) in [5.74, 6) is -0.532. The van der Waals surface area contributed by atoms with Gasteiger partial charge in [0.25, 0.3) is 11.8 Å². The Bertz CT molecular complexity index is 1050. The molecule has 1 heterocycles. The first-order chi connectivity index (χ1) is 15.6. The fraction of sp³-hybridized carbons (Fsp3) is 0.333. The van der Waals surface area contributed by atoms with Crippen molar-refractivity contribution in [3.05, 3.63) is 64.1 Å². The molecule has 0 saturated carbocycles. The molecule has 2 aromatic carbocycles. The van der Waals surface area contributed by atoms with Gasteiger partial charge in [0.05, 0.1) is 22.3 Å². The van der Waals surface area contributed by atoms with Crippen LogP contribution in [-0.2, 0) is 15.7 Å². The van der Waals surface area contributed by atoms with Gasteiger partial charge < -0.3 is 15.0 Å². The van der Waals surface area contributed by atoms with E-state index in [1.165, 1.54) is 28.8 Å². The van der Waals surface area contributed by atoms with E-state index in [1.807, 2.05) is 13.8 Å². The first-order valence-electron chi connectivity index (χ1n) is 10.4. The molecule has 2 aromatic rings. The van der Waals surface area contributed by atoms with Gasteiger partial charge in [0, 0.05) is 30.7 Å². The van der Waals surface area contributed by atoms with Crippen molar-refractivity contribution in [2.75, 3.05) is 25.1 Å². The van der Waals surface area contributed by atoms with Crippen LogP contribution in [0.1, 0.15) is 41.8 Å². The molecule has 0 aliphatic carbocycles. The van der Waals surface area contributed by atoms with E-state index < -0.39 is 11.7 Å². The van der Waals surface area contributed by atoms with Crippen LogP contribution in [0, 0.1) is 0 Å². The largest absolute Gasteiger partial charge is 0.416 e. The van der Waals surface area contributed by atoms with Crippen LogP contribution in [0.5, 0.6) is 0 Å². The lowest BCUT2D eigenvalue weighted by Crippen LogP contribution is -2.31. The zero-order chi connectivity index (χ0) is 24.2. The summed E-state index contributed by atoms with van der Waals surface area (Å²) >= 11 is 1.22. The standard InChI is InChI=1S/C24H25F3N2O3S/c1-15(2)32-12-4-11-28-22(30)17-7-10-20-19(14-17)29(3)23(31)21(33-20)13-16-5-8-18(9-6-16)24(25,26)27/h5-10,13-15H,4,11-12H2,1-3H3,(H,28,30). The molecule has 176 valence electrons. The maximum Gasteiger partial charge on any atom is 0.416 e. The number of alkyl halides is 3. The van der Waals surface area contributed by atoms with Crippen molar-refractivity contribution in [2.24, 2.45) is 0 Å². The molecule has 1 aliphatic rings. The van der Waals surface area contributed by atoms with Crippen molar-refractivity contribution in [1.82, 2.24) is 5.32 Å². The molecule has 33 heavy (non-hydrogen) atoms. The van der Waals surface area contributed by atoms with E-state index in [0.717, 1.165) is 17.0 Å². The smallest absolute Gasteiger partial charge is 0.379 e. The zero-order valence-electron chi connectivity index (χ0n) is 18.5. The van der Waals surface area contributed by atoms with Crippen LogP contribution in [0.2, 0.25) is 0 Å². The van der Waals surface area contributed by atoms with Gasteiger partial charge in [-0.05, 0) is 62.2 Å². The molecule has 0 fully saturated rings. The Kier molecular flexibility index (Phi) is 7.86. The number of nitrogens with zero attached hydrogens (tertiary/aromatic N) is 1. The predicted molar refractivity (Wildman–Crippen MR) is 123 cm³/mol. The van der Waals surface area contributed by atoms with Crippen LogP contribution in [0.4, 0.5) is 18.9 Å². The molecule has 2 amide bonds. The highest BCUT2D eigenvalue weighted by Gasteiger charge is 2.30. The summed E-state index contributed by atoms with van der Waals surface area (Å²) in [7, 11) is 1.60. The highest BCUT2D eigenvalue weighted by molar-refractivity contribution is 8.04. The van der Waals surface area contributed by atoms with Crippen LogP contribution >= 0.6 is 11.8 Å². The fourth-order valence-corrected chi connectivity index (χ4v) is 4.24. The SMILES string of the molecule is CC(C)OCCCNC(=O)c1ccc2c(c1)N(C)C(=O)C(=Cc1ccc(C(F)(F)F)cc1)S2. The van der Waals surface area contributed by atoms with E-state index >= 15 is 0 Å². The summed E-state index contributed by atoms with van der Waals surface area (Å²) in [5.41, 5.74) is 0.792. The first kappa shape index (κ1) is 24.9. The highest BCUT2D eigenvalue weighted by atomic mass is 32.2. The van der Waals surface area contributed by atoms with Gasteiger partial charge in [-0.25, -0.2) is 0 Å². The van der Waals surface area contributed by atoms with Gasteiger partial charge in [-0.1, -0.05) is 23.9 Å². The number of benzene rings is 2. The third kappa shape index (κ3) is 6.39. The number of carbonyl (C=O) groups is 2. The summed E-state index contributed by atoms with van der Waals surface area (Å²) in [4.78, 5) is 27.9. The monoisotopic (exact) mass is 478 g/mol. The lowest BCUT2D eigenvalue weighted by Gasteiger charge is -2.27. The van der Waals surface area contributed by atoms with Crippen LogP contribution < -0.4 is 10.2 Å². The number of hydrogen-bond donors (Lipinski definition) is 1. The Morgan fingerprint density at radius 2 is 1.88 bits per heavy atom. The first-order valence-corrected chi connectivity index (χ1v) is 11.3. The number of rotatable bonds is 7. The molecule has 0 bridgehead atoms. The Labute approximate surface area is 195 Å². The Morgan fingerprint density at radius 1 is 1.18 bits per heavy atom. The molecule has 1 N–H and O–H groups in total. The molecule has 9 heteroatoms. The number of ether oxygens (including phenoxy) is 1. The topological polar surface area (TPSA) is 58.6 Å². The number of hydrogen-bond acceptors (Lipinski definition) is 4. The van der Waals surface area contributed by atoms with Crippen LogP contribution in [0.25, 0.3) is 6.08 Å². The second-order valence-corrected chi connectivity index (χ2v) is 8.89. The van der Waals surface area contributed by atoms with Crippen molar-refractivity contribution in [3.8, 4) is 0 Å². The molecule has 0 atom stereocenters. The van der Waals surface area contributed by atoms with Gasteiger partial charge in [-0.15, -0.1) is 0 Å². The number of likely N-dealkylation sites (N-methyl/N-ethyl adjacent to an activating group) is 1. The van der Waals surface area contributed by atoms with Crippen LogP contribution in [0.3, 0.4) is 0 Å². The van der Waals surface area contributed by atoms with Crippen molar-refractivity contribution in [3.63, 3.8) is 0 Å². The van der Waals surface area contributed by atoms with Gasteiger partial charge in [-0.2, -0.15) is 13.2 Å². The molecular weight excluding hydrogens is 453 g/mol. The van der Waals surface area contributed by atoms with Crippen molar-refractivity contribution >= 4 is 35.3 Å². The average molecular weight is 479 g/mol. The Balaban J connectivity index is 1.71. The summed E-state index contributed by atoms with van der Waals surface area (Å²) in [5, 5.41) is 2.84. The third-order valence-corrected chi connectivity index (χ3v) is 5.99. The summed E-state index contributed by atoms with van der Waals surface area (Å²) in [6, 6.07) is 9.75. The molecule has 0 aromatic heterocycles. The average Bonchev–Trinajstić information content (AvgIpc) is 2.76. The number of anilines is 1. The summed E-state index contributed by atoms with van der Waals surface area (Å²) in [6.45, 7) is 4.94. The van der Waals surface area contributed by atoms with E-state index in [0.29, 0.717) is 41.3 Å². The van der Waals surface area contributed by atoms with Crippen LogP contribution in [0.15, 0.2) is 52.3 Å². The maximum absolute atomic E-state index is 12.8. The van der Waals surface area contributed by atoms with Gasteiger partial charge in [0.15, 0.2) is 0 Å². The minimum absolute atomic E-state index is 0.144. The van der Waals surface area contributed by atoms with E-state index in [4.69, 9.17) is 4.74 Å². The predicted octanol–water partition coefficient (Wildman–Crippen LogP) is 5.36. The molecular formula is C24H25F3N2O3S. The van der Waals surface area contributed by atoms with E-state index in [2.05, 4.69) is 5.32 Å². The zero-order valence-corrected chi connectivity index (χ0v) is 19.3. The maximum atomic E-state index is 12.8. The number of amides is 2. The molecule has 5 nitrogen and oxygen atoms in total. The van der Waals surface area contributed by atoms with Gasteiger partial charge in [0.1, 0.15) is 0 Å².